The van der Waals surface area contributed by atoms with Crippen LogP contribution in [0.25, 0.3) is 0 Å². The average molecular weight is 416 g/mol. The molecule has 30 heavy (non-hydrogen) atoms. The van der Waals surface area contributed by atoms with Crippen LogP contribution in [0.5, 0.6) is 0 Å². The molecule has 0 saturated carbocycles. The molecule has 0 aliphatic carbocycles. The fourth-order valence-corrected chi connectivity index (χ4v) is 2.87. The second kappa shape index (κ2) is 11.9. The van der Waals surface area contributed by atoms with Crippen molar-refractivity contribution in [2.45, 2.75) is 67.0 Å². The predicted molar refractivity (Wildman–Crippen MR) is 107 cm³/mol. The summed E-state index contributed by atoms with van der Waals surface area (Å²) in [5.74, 6) is -0.982. The number of hydrogen-bond donors (Lipinski definition) is 0. The first-order valence-corrected chi connectivity index (χ1v) is 9.74. The van der Waals surface area contributed by atoms with E-state index < -0.39 is 24.1 Å². The first-order chi connectivity index (χ1) is 14.2. The first kappa shape index (κ1) is 25.1. The first-order valence-electron chi connectivity index (χ1n) is 9.74. The normalized spacial score (nSPS) is 12.4. The molecule has 0 fully saturated rings. The molecule has 8 heteroatoms. The second-order valence-corrected chi connectivity index (χ2v) is 6.59. The van der Waals surface area contributed by atoms with Crippen LogP contribution in [0.3, 0.4) is 0 Å². The number of hydrogen-bond acceptors (Lipinski definition) is 8. The summed E-state index contributed by atoms with van der Waals surface area (Å²) < 4.78 is 21.2. The number of nitriles is 2. The van der Waals surface area contributed by atoms with Gasteiger partial charge >= 0.3 is 11.9 Å². The summed E-state index contributed by atoms with van der Waals surface area (Å²) in [6, 6.07) is 4.14. The zero-order valence-electron chi connectivity index (χ0n) is 18.3. The van der Waals surface area contributed by atoms with Crippen molar-refractivity contribution in [1.29, 1.82) is 10.5 Å². The second-order valence-electron chi connectivity index (χ2n) is 6.59. The van der Waals surface area contributed by atoms with Crippen molar-refractivity contribution in [3.8, 4) is 12.1 Å². The minimum absolute atomic E-state index is 0.0134. The minimum atomic E-state index is -0.807. The maximum atomic E-state index is 11.9. The molecular formula is C22H28N2O6. The fourth-order valence-electron chi connectivity index (χ4n) is 2.87. The molecule has 0 aromatic heterocycles. The molecule has 0 N–H and O–H groups in total. The molecule has 1 aromatic carbocycles. The van der Waals surface area contributed by atoms with Crippen molar-refractivity contribution in [3.63, 3.8) is 0 Å². The molecule has 162 valence electrons. The topological polar surface area (TPSA) is 119 Å². The summed E-state index contributed by atoms with van der Waals surface area (Å²) in [5, 5.41) is 19.1. The van der Waals surface area contributed by atoms with Gasteiger partial charge in [0.2, 0.25) is 0 Å². The number of carbonyl (C=O) groups excluding carboxylic acids is 2. The molecule has 0 bridgehead atoms. The van der Waals surface area contributed by atoms with E-state index in [9.17, 15) is 20.1 Å². The quantitative estimate of drug-likeness (QED) is 0.534. The number of carbonyl (C=O) groups is 2. The molecule has 0 heterocycles. The lowest BCUT2D eigenvalue weighted by Gasteiger charge is -2.21. The maximum Gasteiger partial charge on any atom is 0.334 e. The summed E-state index contributed by atoms with van der Waals surface area (Å²) in [4.78, 5) is 23.7. The SMILES string of the molecule is CCOC(=O)[C@H](C)OCc1c(C)c(C#N)c(C#N)c(C)c1CO[C@@H](C)C(=O)OCC. The summed E-state index contributed by atoms with van der Waals surface area (Å²) in [7, 11) is 0. The predicted octanol–water partition coefficient (Wildman–Crippen LogP) is 2.98. The highest BCUT2D eigenvalue weighted by atomic mass is 16.6. The van der Waals surface area contributed by atoms with E-state index in [-0.39, 0.29) is 37.6 Å². The molecule has 0 aliphatic heterocycles. The zero-order valence-corrected chi connectivity index (χ0v) is 18.3. The van der Waals surface area contributed by atoms with Gasteiger partial charge in [-0.1, -0.05) is 0 Å². The van der Waals surface area contributed by atoms with Gasteiger partial charge in [0, 0.05) is 0 Å². The number of nitrogens with zero attached hydrogens (tertiary/aromatic N) is 2. The molecular weight excluding hydrogens is 388 g/mol. The van der Waals surface area contributed by atoms with Crippen LogP contribution in [0.15, 0.2) is 0 Å². The minimum Gasteiger partial charge on any atom is -0.464 e. The summed E-state index contributed by atoms with van der Waals surface area (Å²) in [6.45, 7) is 10.5. The average Bonchev–Trinajstić information content (AvgIpc) is 2.72. The van der Waals surface area contributed by atoms with Gasteiger partial charge < -0.3 is 18.9 Å². The van der Waals surface area contributed by atoms with Gasteiger partial charge in [0.05, 0.1) is 37.6 Å². The smallest absolute Gasteiger partial charge is 0.334 e. The molecule has 1 rings (SSSR count). The summed E-state index contributed by atoms with van der Waals surface area (Å²) in [5.41, 5.74) is 2.90. The molecule has 0 aliphatic rings. The van der Waals surface area contributed by atoms with Crippen molar-refractivity contribution in [3.05, 3.63) is 33.4 Å². The summed E-state index contributed by atoms with van der Waals surface area (Å²) in [6.07, 6.45) is -1.61. The monoisotopic (exact) mass is 416 g/mol. The van der Waals surface area contributed by atoms with E-state index in [2.05, 4.69) is 12.1 Å². The molecule has 0 spiro atoms. The number of benzene rings is 1. The van der Waals surface area contributed by atoms with Gasteiger partial charge in [-0.3, -0.25) is 0 Å². The van der Waals surface area contributed by atoms with Crippen molar-refractivity contribution < 1.29 is 28.5 Å². The Bertz CT molecular complexity index is 795. The fraction of sp³-hybridized carbons (Fsp3) is 0.545. The Morgan fingerprint density at radius 3 is 1.40 bits per heavy atom. The van der Waals surface area contributed by atoms with Crippen LogP contribution in [0, 0.1) is 36.5 Å². The van der Waals surface area contributed by atoms with Gasteiger partial charge in [0.25, 0.3) is 0 Å². The van der Waals surface area contributed by atoms with E-state index in [1.54, 1.807) is 41.5 Å². The van der Waals surface area contributed by atoms with E-state index >= 15 is 0 Å². The van der Waals surface area contributed by atoms with Crippen LogP contribution in [-0.4, -0.2) is 37.4 Å². The maximum absolute atomic E-state index is 11.9. The van der Waals surface area contributed by atoms with Gasteiger partial charge in [-0.05, 0) is 63.8 Å². The lowest BCUT2D eigenvalue weighted by molar-refractivity contribution is -0.157. The number of ether oxygens (including phenoxy) is 4. The van der Waals surface area contributed by atoms with Gasteiger partial charge in [-0.15, -0.1) is 0 Å². The standard InChI is InChI=1S/C22H28N2O6/c1-7-27-21(25)15(5)29-11-19-13(3)17(9-23)18(10-24)14(4)20(19)12-30-16(6)22(26)28-8-2/h15-16H,7-8,11-12H2,1-6H3/t15-,16-/m0/s1. The van der Waals surface area contributed by atoms with Crippen LogP contribution < -0.4 is 0 Å². The zero-order chi connectivity index (χ0) is 22.8. The van der Waals surface area contributed by atoms with E-state index in [1.165, 1.54) is 0 Å². The molecule has 0 unspecified atom stereocenters. The van der Waals surface area contributed by atoms with Crippen LogP contribution in [0.4, 0.5) is 0 Å². The third kappa shape index (κ3) is 6.03. The van der Waals surface area contributed by atoms with E-state index in [1.807, 2.05) is 0 Å². The summed E-state index contributed by atoms with van der Waals surface area (Å²) >= 11 is 0. The van der Waals surface area contributed by atoms with E-state index in [4.69, 9.17) is 18.9 Å². The molecule has 1 aromatic rings. The van der Waals surface area contributed by atoms with Crippen molar-refractivity contribution in [1.82, 2.24) is 0 Å². The number of esters is 2. The van der Waals surface area contributed by atoms with E-state index in [0.717, 1.165) is 0 Å². The molecule has 0 radical (unpaired) electrons. The Labute approximate surface area is 177 Å². The molecule has 0 amide bonds. The van der Waals surface area contributed by atoms with Crippen LogP contribution >= 0.6 is 0 Å². The lowest BCUT2D eigenvalue weighted by atomic mass is 9.89. The largest absolute Gasteiger partial charge is 0.464 e. The molecule has 0 saturated heterocycles. The van der Waals surface area contributed by atoms with Gasteiger partial charge in [-0.2, -0.15) is 10.5 Å². The van der Waals surface area contributed by atoms with Crippen LogP contribution in [-0.2, 0) is 41.8 Å². The highest BCUT2D eigenvalue weighted by Crippen LogP contribution is 2.29. The Morgan fingerprint density at radius 2 is 1.13 bits per heavy atom. The van der Waals surface area contributed by atoms with Gasteiger partial charge in [0.1, 0.15) is 12.1 Å². The highest BCUT2D eigenvalue weighted by molar-refractivity contribution is 5.74. The van der Waals surface area contributed by atoms with Gasteiger partial charge in [-0.25, -0.2) is 9.59 Å². The van der Waals surface area contributed by atoms with Gasteiger partial charge in [0.15, 0.2) is 12.2 Å². The van der Waals surface area contributed by atoms with Crippen LogP contribution in [0.2, 0.25) is 0 Å². The Morgan fingerprint density at radius 1 is 0.800 bits per heavy atom. The van der Waals surface area contributed by atoms with E-state index in [0.29, 0.717) is 22.3 Å². The third-order valence-electron chi connectivity index (χ3n) is 4.69. The van der Waals surface area contributed by atoms with Crippen molar-refractivity contribution in [2.24, 2.45) is 0 Å². The third-order valence-corrected chi connectivity index (χ3v) is 4.69. The number of rotatable bonds is 10. The Hall–Kier alpha value is -2.94. The Balaban J connectivity index is 3.28. The van der Waals surface area contributed by atoms with Crippen molar-refractivity contribution in [2.75, 3.05) is 13.2 Å². The van der Waals surface area contributed by atoms with Crippen LogP contribution in [0.1, 0.15) is 61.1 Å². The molecule has 8 nitrogen and oxygen atoms in total. The highest BCUT2D eigenvalue weighted by Gasteiger charge is 2.23. The Kier molecular flexibility index (Phi) is 9.97. The van der Waals surface area contributed by atoms with Crippen molar-refractivity contribution >= 4 is 11.9 Å². The molecule has 2 atom stereocenters. The lowest BCUT2D eigenvalue weighted by Crippen LogP contribution is -2.25.